The van der Waals surface area contributed by atoms with Gasteiger partial charge in [0, 0.05) is 41.3 Å². The summed E-state index contributed by atoms with van der Waals surface area (Å²) < 4.78 is 11.1. The predicted octanol–water partition coefficient (Wildman–Crippen LogP) is 3.58. The molecule has 2 aromatic carbocycles. The summed E-state index contributed by atoms with van der Waals surface area (Å²) in [5, 5.41) is 24.2. The fourth-order valence-corrected chi connectivity index (χ4v) is 5.11. The summed E-state index contributed by atoms with van der Waals surface area (Å²) in [5.41, 5.74) is 1.91. The zero-order chi connectivity index (χ0) is 27.5. The van der Waals surface area contributed by atoms with Gasteiger partial charge in [0.2, 0.25) is 5.91 Å². The Balaban J connectivity index is 1.56. The molecule has 1 spiro atoms. The van der Waals surface area contributed by atoms with Crippen molar-refractivity contribution in [3.05, 3.63) is 70.8 Å². The average Bonchev–Trinajstić information content (AvgIpc) is 3.59. The summed E-state index contributed by atoms with van der Waals surface area (Å²) in [7, 11) is 1.58. The van der Waals surface area contributed by atoms with E-state index in [1.165, 1.54) is 6.08 Å². The number of hydrogen-bond donors (Lipinski definition) is 3. The molecule has 2 atom stereocenters. The normalized spacial score (nSPS) is 19.8. The van der Waals surface area contributed by atoms with Crippen molar-refractivity contribution in [1.29, 1.82) is 5.26 Å². The van der Waals surface area contributed by atoms with E-state index in [2.05, 4.69) is 16.7 Å². The van der Waals surface area contributed by atoms with Crippen LogP contribution in [0.5, 0.6) is 5.75 Å². The van der Waals surface area contributed by atoms with Gasteiger partial charge in [0.1, 0.15) is 5.75 Å². The first-order valence-electron chi connectivity index (χ1n) is 12.4. The number of nitrogens with one attached hydrogen (secondary N) is 2. The summed E-state index contributed by atoms with van der Waals surface area (Å²) in [6.45, 7) is 4.59. The highest BCUT2D eigenvalue weighted by Gasteiger charge is 2.61. The van der Waals surface area contributed by atoms with Gasteiger partial charge in [-0.3, -0.25) is 9.59 Å². The first kappa shape index (κ1) is 26.9. The summed E-state index contributed by atoms with van der Waals surface area (Å²) in [6, 6.07) is 12.3. The second-order valence-electron chi connectivity index (χ2n) is 10.4. The molecule has 1 saturated carbocycles. The molecule has 9 nitrogen and oxygen atoms in total. The highest BCUT2D eigenvalue weighted by Crippen LogP contribution is 2.61. The summed E-state index contributed by atoms with van der Waals surface area (Å²) in [6.07, 6.45) is 4.08. The monoisotopic (exact) mass is 517 g/mol. The number of carbonyl (C=O) groups excluding carboxylic acids is 2. The first-order valence-corrected chi connectivity index (χ1v) is 12.4. The van der Waals surface area contributed by atoms with Gasteiger partial charge >= 0.3 is 5.97 Å². The number of amides is 2. The molecule has 198 valence electrons. The Labute approximate surface area is 221 Å². The van der Waals surface area contributed by atoms with Crippen LogP contribution in [0.2, 0.25) is 0 Å². The summed E-state index contributed by atoms with van der Waals surface area (Å²) >= 11 is 0. The van der Waals surface area contributed by atoms with Crippen LogP contribution in [0.3, 0.4) is 0 Å². The number of carboxylic acid groups (broad SMARTS) is 1. The van der Waals surface area contributed by atoms with Crippen molar-refractivity contribution in [3.8, 4) is 11.8 Å². The molecule has 0 aromatic heterocycles. The van der Waals surface area contributed by atoms with Crippen molar-refractivity contribution in [2.45, 2.75) is 44.1 Å². The molecule has 38 heavy (non-hydrogen) atoms. The van der Waals surface area contributed by atoms with Gasteiger partial charge in [-0.25, -0.2) is 4.79 Å². The Morgan fingerprint density at radius 2 is 2.05 bits per heavy atom. The van der Waals surface area contributed by atoms with Crippen molar-refractivity contribution < 1.29 is 29.0 Å². The maximum Gasteiger partial charge on any atom is 0.327 e. The molecule has 2 aromatic rings. The van der Waals surface area contributed by atoms with Crippen molar-refractivity contribution in [2.24, 2.45) is 5.92 Å². The number of aliphatic carboxylic acids is 1. The SMILES string of the molecule is COCC(C)(C)NC(=O)c1ccc2c(c1)[C@]1(CCO2)C[C@H]1C(=O)Nc1cc(C#N)ccc1CC=CC(=O)O. The van der Waals surface area contributed by atoms with Crippen LogP contribution in [0.1, 0.15) is 53.7 Å². The Kier molecular flexibility index (Phi) is 7.56. The van der Waals surface area contributed by atoms with Crippen LogP contribution in [0.25, 0.3) is 0 Å². The molecular formula is C29H31N3O6. The standard InChI is InChI=1S/C29H31N3O6/c1-28(2,17-37-3)32-26(35)20-9-10-24-21(14-20)29(11-12-38-24)15-22(29)27(36)31-23-13-18(16-30)7-8-19(23)5-4-6-25(33)34/h4,6-10,13-14,22H,5,11-12,15,17H2,1-3H3,(H,31,36)(H,32,35)(H,33,34)/t22-,29-/m0/s1. The molecule has 3 N–H and O–H groups in total. The van der Waals surface area contributed by atoms with Gasteiger partial charge in [-0.15, -0.1) is 0 Å². The number of anilines is 1. The Hall–Kier alpha value is -4.16. The van der Waals surface area contributed by atoms with Gasteiger partial charge in [-0.1, -0.05) is 12.1 Å². The van der Waals surface area contributed by atoms with E-state index in [0.717, 1.165) is 11.6 Å². The minimum Gasteiger partial charge on any atom is -0.493 e. The number of nitrogens with zero attached hydrogens (tertiary/aromatic N) is 1. The number of carbonyl (C=O) groups is 3. The lowest BCUT2D eigenvalue weighted by Crippen LogP contribution is -2.46. The van der Waals surface area contributed by atoms with Crippen molar-refractivity contribution >= 4 is 23.5 Å². The Morgan fingerprint density at radius 3 is 2.76 bits per heavy atom. The van der Waals surface area contributed by atoms with E-state index in [0.29, 0.717) is 54.2 Å². The van der Waals surface area contributed by atoms with E-state index < -0.39 is 16.9 Å². The molecule has 1 heterocycles. The third-order valence-corrected chi connectivity index (χ3v) is 7.03. The second-order valence-corrected chi connectivity index (χ2v) is 10.4. The molecule has 9 heteroatoms. The first-order chi connectivity index (χ1) is 18.1. The molecule has 1 fully saturated rings. The summed E-state index contributed by atoms with van der Waals surface area (Å²) in [4.78, 5) is 37.3. The zero-order valence-corrected chi connectivity index (χ0v) is 21.7. The van der Waals surface area contributed by atoms with Crippen LogP contribution in [-0.2, 0) is 26.2 Å². The predicted molar refractivity (Wildman–Crippen MR) is 140 cm³/mol. The van der Waals surface area contributed by atoms with Crippen LogP contribution in [-0.4, -0.2) is 48.8 Å². The largest absolute Gasteiger partial charge is 0.493 e. The van der Waals surface area contributed by atoms with Crippen molar-refractivity contribution in [2.75, 3.05) is 25.6 Å². The number of benzene rings is 2. The van der Waals surface area contributed by atoms with E-state index in [4.69, 9.17) is 14.6 Å². The van der Waals surface area contributed by atoms with Crippen LogP contribution in [0, 0.1) is 17.2 Å². The van der Waals surface area contributed by atoms with Gasteiger partial charge < -0.3 is 25.2 Å². The van der Waals surface area contributed by atoms with E-state index in [9.17, 15) is 19.6 Å². The molecule has 4 rings (SSSR count). The number of fused-ring (bicyclic) bond motifs is 2. The number of carboxylic acids is 1. The average molecular weight is 518 g/mol. The van der Waals surface area contributed by atoms with E-state index in [-0.39, 0.29) is 24.2 Å². The molecule has 0 bridgehead atoms. The zero-order valence-electron chi connectivity index (χ0n) is 21.7. The van der Waals surface area contributed by atoms with Crippen LogP contribution >= 0.6 is 0 Å². The Morgan fingerprint density at radius 1 is 1.26 bits per heavy atom. The number of ether oxygens (including phenoxy) is 2. The van der Waals surface area contributed by atoms with Gasteiger partial charge in [-0.2, -0.15) is 5.26 Å². The fourth-order valence-electron chi connectivity index (χ4n) is 5.11. The van der Waals surface area contributed by atoms with Crippen molar-refractivity contribution in [1.82, 2.24) is 5.32 Å². The minimum absolute atomic E-state index is 0.188. The number of hydrogen-bond acceptors (Lipinski definition) is 6. The minimum atomic E-state index is -1.06. The lowest BCUT2D eigenvalue weighted by molar-refractivity contribution is -0.131. The van der Waals surface area contributed by atoms with Crippen LogP contribution in [0.4, 0.5) is 5.69 Å². The highest BCUT2D eigenvalue weighted by molar-refractivity contribution is 5.98. The molecular weight excluding hydrogens is 486 g/mol. The molecule has 2 aliphatic rings. The number of allylic oxidation sites excluding steroid dienone is 1. The van der Waals surface area contributed by atoms with Crippen LogP contribution in [0.15, 0.2) is 48.6 Å². The number of methoxy groups -OCH3 is 1. The third kappa shape index (κ3) is 5.71. The van der Waals surface area contributed by atoms with E-state index in [1.807, 2.05) is 19.9 Å². The topological polar surface area (TPSA) is 138 Å². The molecule has 1 aliphatic heterocycles. The summed E-state index contributed by atoms with van der Waals surface area (Å²) in [5.74, 6) is -1.14. The Bertz CT molecular complexity index is 1340. The smallest absolute Gasteiger partial charge is 0.327 e. The number of rotatable bonds is 9. The van der Waals surface area contributed by atoms with Crippen LogP contribution < -0.4 is 15.4 Å². The van der Waals surface area contributed by atoms with Gasteiger partial charge in [-0.05, 0) is 69.0 Å². The molecule has 0 unspecified atom stereocenters. The molecule has 1 aliphatic carbocycles. The number of nitriles is 1. The lowest BCUT2D eigenvalue weighted by atomic mass is 9.86. The van der Waals surface area contributed by atoms with Gasteiger partial charge in [0.25, 0.3) is 5.91 Å². The maximum absolute atomic E-state index is 13.4. The fraction of sp³-hybridized carbons (Fsp3) is 0.379. The van der Waals surface area contributed by atoms with E-state index in [1.54, 1.807) is 37.4 Å². The van der Waals surface area contributed by atoms with Crippen molar-refractivity contribution in [3.63, 3.8) is 0 Å². The third-order valence-electron chi connectivity index (χ3n) is 7.03. The molecule has 2 amide bonds. The maximum atomic E-state index is 13.4. The van der Waals surface area contributed by atoms with Gasteiger partial charge in [0.05, 0.1) is 30.4 Å². The lowest BCUT2D eigenvalue weighted by Gasteiger charge is -2.28. The second kappa shape index (κ2) is 10.7. The van der Waals surface area contributed by atoms with Gasteiger partial charge in [0.15, 0.2) is 0 Å². The quantitative estimate of drug-likeness (QED) is 0.432. The highest BCUT2D eigenvalue weighted by atomic mass is 16.5. The molecule has 0 radical (unpaired) electrons. The van der Waals surface area contributed by atoms with E-state index >= 15 is 0 Å². The molecule has 0 saturated heterocycles.